The Kier molecular flexibility index (Phi) is 4.31. The lowest BCUT2D eigenvalue weighted by Gasteiger charge is -2.46. The Bertz CT molecular complexity index is 524. The molecule has 0 saturated heterocycles. The Hall–Kier alpha value is -1.51. The fourth-order valence-electron chi connectivity index (χ4n) is 4.04. The molecular formula is C18H27NO2. The molecule has 1 N–H and O–H groups in total. The van der Waals surface area contributed by atoms with Crippen LogP contribution in [-0.2, 0) is 9.53 Å². The number of ether oxygens (including phenoxy) is 1. The highest BCUT2D eigenvalue weighted by Gasteiger charge is 2.49. The number of para-hydroxylation sites is 1. The summed E-state index contributed by atoms with van der Waals surface area (Å²) >= 11 is 0. The highest BCUT2D eigenvalue weighted by atomic mass is 16.5. The van der Waals surface area contributed by atoms with E-state index in [0.29, 0.717) is 5.92 Å². The van der Waals surface area contributed by atoms with Gasteiger partial charge >= 0.3 is 5.97 Å². The van der Waals surface area contributed by atoms with Gasteiger partial charge in [0.1, 0.15) is 5.54 Å². The van der Waals surface area contributed by atoms with Crippen molar-refractivity contribution in [2.24, 2.45) is 11.3 Å². The third-order valence-electron chi connectivity index (χ3n) is 4.47. The van der Waals surface area contributed by atoms with Crippen LogP contribution in [0.15, 0.2) is 24.3 Å². The molecule has 2 rings (SSSR count). The van der Waals surface area contributed by atoms with Crippen molar-refractivity contribution in [3.05, 3.63) is 29.8 Å². The van der Waals surface area contributed by atoms with Crippen molar-refractivity contribution < 1.29 is 9.53 Å². The number of nitrogens with one attached hydrogen (secondary N) is 1. The number of esters is 1. The second-order valence-electron chi connectivity index (χ2n) is 7.37. The van der Waals surface area contributed by atoms with E-state index in [4.69, 9.17) is 4.74 Å². The van der Waals surface area contributed by atoms with Gasteiger partial charge in [0.2, 0.25) is 0 Å². The molecule has 1 aliphatic rings. The van der Waals surface area contributed by atoms with Gasteiger partial charge in [0.25, 0.3) is 0 Å². The summed E-state index contributed by atoms with van der Waals surface area (Å²) in [6.07, 6.45) is 2.75. The van der Waals surface area contributed by atoms with Crippen molar-refractivity contribution in [2.45, 2.75) is 52.5 Å². The maximum absolute atomic E-state index is 12.6. The second kappa shape index (κ2) is 5.70. The molecule has 0 heterocycles. The molecule has 21 heavy (non-hydrogen) atoms. The molecule has 0 bridgehead atoms. The minimum Gasteiger partial charge on any atom is -0.467 e. The van der Waals surface area contributed by atoms with Crippen molar-refractivity contribution in [1.82, 2.24) is 0 Å². The number of methoxy groups -OCH3 is 1. The van der Waals surface area contributed by atoms with Crippen molar-refractivity contribution in [2.75, 3.05) is 12.4 Å². The number of benzene rings is 1. The van der Waals surface area contributed by atoms with Crippen LogP contribution in [0.1, 0.15) is 45.6 Å². The molecule has 2 unspecified atom stereocenters. The van der Waals surface area contributed by atoms with Gasteiger partial charge in [-0.1, -0.05) is 39.0 Å². The van der Waals surface area contributed by atoms with Crippen LogP contribution < -0.4 is 5.32 Å². The van der Waals surface area contributed by atoms with Crippen LogP contribution in [0.4, 0.5) is 5.69 Å². The first-order chi connectivity index (χ1) is 9.78. The largest absolute Gasteiger partial charge is 0.467 e. The van der Waals surface area contributed by atoms with Crippen LogP contribution in [0.3, 0.4) is 0 Å². The minimum absolute atomic E-state index is 0.127. The third kappa shape index (κ3) is 3.39. The Balaban J connectivity index is 2.38. The molecular weight excluding hydrogens is 262 g/mol. The molecule has 3 nitrogen and oxygen atoms in total. The van der Waals surface area contributed by atoms with Crippen molar-refractivity contribution in [3.63, 3.8) is 0 Å². The molecule has 0 aliphatic heterocycles. The van der Waals surface area contributed by atoms with Gasteiger partial charge in [-0.2, -0.15) is 0 Å². The molecule has 1 fully saturated rings. The van der Waals surface area contributed by atoms with E-state index in [0.717, 1.165) is 30.5 Å². The molecule has 0 aromatic heterocycles. The van der Waals surface area contributed by atoms with Crippen LogP contribution in [0.25, 0.3) is 0 Å². The zero-order valence-electron chi connectivity index (χ0n) is 13.8. The van der Waals surface area contributed by atoms with E-state index in [1.807, 2.05) is 18.2 Å². The summed E-state index contributed by atoms with van der Waals surface area (Å²) in [5, 5.41) is 3.52. The van der Waals surface area contributed by atoms with Crippen molar-refractivity contribution in [3.8, 4) is 0 Å². The first-order valence-electron chi connectivity index (χ1n) is 7.70. The summed E-state index contributed by atoms with van der Waals surface area (Å²) in [7, 11) is 1.48. The van der Waals surface area contributed by atoms with E-state index in [-0.39, 0.29) is 11.4 Å². The Labute approximate surface area is 128 Å². The fraction of sp³-hybridized carbons (Fsp3) is 0.611. The van der Waals surface area contributed by atoms with Gasteiger partial charge in [0.05, 0.1) is 7.11 Å². The predicted octanol–water partition coefficient (Wildman–Crippen LogP) is 4.16. The highest BCUT2D eigenvalue weighted by Crippen LogP contribution is 2.46. The normalized spacial score (nSPS) is 28.0. The number of anilines is 1. The summed E-state index contributed by atoms with van der Waals surface area (Å²) in [6, 6.07) is 8.10. The smallest absolute Gasteiger partial charge is 0.331 e. The summed E-state index contributed by atoms with van der Waals surface area (Å²) in [5.74, 6) is 0.342. The predicted molar refractivity (Wildman–Crippen MR) is 86.3 cm³/mol. The van der Waals surface area contributed by atoms with Gasteiger partial charge < -0.3 is 10.1 Å². The zero-order valence-corrected chi connectivity index (χ0v) is 13.8. The van der Waals surface area contributed by atoms with E-state index in [1.165, 1.54) is 7.11 Å². The van der Waals surface area contributed by atoms with Crippen molar-refractivity contribution in [1.29, 1.82) is 0 Å². The fourth-order valence-corrected chi connectivity index (χ4v) is 4.04. The lowest BCUT2D eigenvalue weighted by Crippen LogP contribution is -2.54. The van der Waals surface area contributed by atoms with Gasteiger partial charge in [-0.3, -0.25) is 0 Å². The first-order valence-corrected chi connectivity index (χ1v) is 7.70. The summed E-state index contributed by atoms with van der Waals surface area (Å²) in [4.78, 5) is 12.6. The van der Waals surface area contributed by atoms with Crippen LogP contribution in [0.2, 0.25) is 0 Å². The van der Waals surface area contributed by atoms with E-state index >= 15 is 0 Å². The minimum atomic E-state index is -0.623. The SMILES string of the molecule is COC(=O)C1(Nc2ccccc2C)CC(C)CC(C)(C)C1. The standard InChI is InChI=1S/C18H27NO2/c1-13-10-17(3,4)12-18(11-13,16(20)21-5)19-15-9-7-6-8-14(15)2/h6-9,13,19H,10-12H2,1-5H3. The van der Waals surface area contributed by atoms with Gasteiger partial charge in [0, 0.05) is 5.69 Å². The maximum Gasteiger partial charge on any atom is 0.331 e. The Morgan fingerprint density at radius 1 is 1.29 bits per heavy atom. The van der Waals surface area contributed by atoms with E-state index in [2.05, 4.69) is 39.1 Å². The quantitative estimate of drug-likeness (QED) is 0.849. The number of carbonyl (C=O) groups is 1. The highest BCUT2D eigenvalue weighted by molar-refractivity contribution is 5.85. The average Bonchev–Trinajstić information content (AvgIpc) is 2.38. The van der Waals surface area contributed by atoms with Crippen LogP contribution in [-0.4, -0.2) is 18.6 Å². The summed E-state index contributed by atoms with van der Waals surface area (Å²) in [5.41, 5.74) is 1.67. The number of hydrogen-bond donors (Lipinski definition) is 1. The van der Waals surface area contributed by atoms with Crippen molar-refractivity contribution >= 4 is 11.7 Å². The van der Waals surface area contributed by atoms with E-state index < -0.39 is 5.54 Å². The monoisotopic (exact) mass is 289 g/mol. The number of hydrogen-bond acceptors (Lipinski definition) is 3. The Morgan fingerprint density at radius 3 is 2.52 bits per heavy atom. The average molecular weight is 289 g/mol. The van der Waals surface area contributed by atoms with Crippen LogP contribution in [0, 0.1) is 18.3 Å². The second-order valence-corrected chi connectivity index (χ2v) is 7.37. The maximum atomic E-state index is 12.6. The third-order valence-corrected chi connectivity index (χ3v) is 4.47. The number of rotatable bonds is 3. The van der Waals surface area contributed by atoms with E-state index in [1.54, 1.807) is 0 Å². The molecule has 2 atom stereocenters. The van der Waals surface area contributed by atoms with Gasteiger partial charge in [-0.15, -0.1) is 0 Å². The molecule has 1 aromatic rings. The van der Waals surface area contributed by atoms with Crippen LogP contribution >= 0.6 is 0 Å². The van der Waals surface area contributed by atoms with E-state index in [9.17, 15) is 4.79 Å². The molecule has 0 amide bonds. The number of aryl methyl sites for hydroxylation is 1. The summed E-state index contributed by atoms with van der Waals surface area (Å²) < 4.78 is 5.15. The number of carbonyl (C=O) groups excluding carboxylic acids is 1. The molecule has 3 heteroatoms. The van der Waals surface area contributed by atoms with Gasteiger partial charge in [-0.05, 0) is 49.1 Å². The topological polar surface area (TPSA) is 38.3 Å². The molecule has 1 aromatic carbocycles. The summed E-state index contributed by atoms with van der Waals surface area (Å²) in [6.45, 7) is 8.75. The molecule has 1 aliphatic carbocycles. The van der Waals surface area contributed by atoms with Crippen LogP contribution in [0.5, 0.6) is 0 Å². The lowest BCUT2D eigenvalue weighted by molar-refractivity contribution is -0.149. The molecule has 116 valence electrons. The molecule has 0 spiro atoms. The lowest BCUT2D eigenvalue weighted by atomic mass is 9.64. The van der Waals surface area contributed by atoms with Gasteiger partial charge in [0.15, 0.2) is 0 Å². The molecule has 0 radical (unpaired) electrons. The zero-order chi connectivity index (χ0) is 15.7. The molecule has 1 saturated carbocycles. The first kappa shape index (κ1) is 15.9. The van der Waals surface area contributed by atoms with Gasteiger partial charge in [-0.25, -0.2) is 4.79 Å². The Morgan fingerprint density at radius 2 is 1.95 bits per heavy atom.